The van der Waals surface area contributed by atoms with Crippen molar-refractivity contribution >= 4 is 0 Å². The molecule has 1 rings (SSSR count). The molecule has 22 heavy (non-hydrogen) atoms. The Balaban J connectivity index is 0.00000441. The fourth-order valence-corrected chi connectivity index (χ4v) is 2.81. The van der Waals surface area contributed by atoms with Gasteiger partial charge in [0.2, 0.25) is 0 Å². The molecule has 0 radical (unpaired) electrons. The number of unbranched alkanes of at least 4 members (excludes halogenated alkanes) is 8. The van der Waals surface area contributed by atoms with Crippen molar-refractivity contribution in [1.29, 1.82) is 0 Å². The highest BCUT2D eigenvalue weighted by Gasteiger charge is 2.04. The second kappa shape index (κ2) is 15.1. The number of rotatable bonds is 13. The zero-order valence-electron chi connectivity index (χ0n) is 14.6. The predicted octanol–water partition coefficient (Wildman–Crippen LogP) is 6.06. The van der Waals surface area contributed by atoms with Crippen LogP contribution in [-0.4, -0.2) is 11.2 Å². The van der Waals surface area contributed by atoms with Gasteiger partial charge in [-0.15, -0.1) is 0 Å². The molecule has 0 fully saturated rings. The van der Waals surface area contributed by atoms with E-state index in [0.717, 1.165) is 19.3 Å². The monoisotopic (exact) mass is 307 g/mol. The molecule has 2 heteroatoms. The third-order valence-electron chi connectivity index (χ3n) is 4.25. The summed E-state index contributed by atoms with van der Waals surface area (Å²) in [6, 6.07) is 10.5. The fraction of sp³-hybridized carbons (Fsp3) is 0.700. The summed E-state index contributed by atoms with van der Waals surface area (Å²) in [6.45, 7) is 2.27. The van der Waals surface area contributed by atoms with Gasteiger partial charge >= 0.3 is 0 Å². The molecule has 0 saturated heterocycles. The van der Waals surface area contributed by atoms with Gasteiger partial charge in [0.1, 0.15) is 0 Å². The average molecular weight is 308 g/mol. The zero-order valence-corrected chi connectivity index (χ0v) is 14.6. The number of aliphatic hydroxyl groups excluding tert-OH is 1. The lowest BCUT2D eigenvalue weighted by Gasteiger charge is -2.10. The van der Waals surface area contributed by atoms with Crippen LogP contribution in [0, 0.1) is 0 Å². The highest BCUT2D eigenvalue weighted by atomic mass is 16.3. The normalized spacial score (nSPS) is 11.9. The Labute approximate surface area is 137 Å². The van der Waals surface area contributed by atoms with Crippen LogP contribution in [0.15, 0.2) is 30.3 Å². The summed E-state index contributed by atoms with van der Waals surface area (Å²) < 4.78 is 0. The maximum atomic E-state index is 10.0. The van der Waals surface area contributed by atoms with Crippen LogP contribution in [0.4, 0.5) is 0 Å². The maximum absolute atomic E-state index is 10.0. The van der Waals surface area contributed by atoms with E-state index in [1.165, 1.54) is 63.4 Å². The molecule has 1 aromatic carbocycles. The minimum Gasteiger partial charge on any atom is -0.393 e. The van der Waals surface area contributed by atoms with Gasteiger partial charge in [-0.1, -0.05) is 95.0 Å². The number of hydrogen-bond donors (Lipinski definition) is 2. The Kier molecular flexibility index (Phi) is 14.5. The van der Waals surface area contributed by atoms with Crippen molar-refractivity contribution in [2.24, 2.45) is 0 Å². The molecule has 0 bridgehead atoms. The molecule has 0 saturated carbocycles. The summed E-state index contributed by atoms with van der Waals surface area (Å²) in [6.07, 6.45) is 14.9. The van der Waals surface area contributed by atoms with E-state index in [2.05, 4.69) is 31.2 Å². The van der Waals surface area contributed by atoms with Gasteiger partial charge in [0.05, 0.1) is 6.10 Å². The van der Waals surface area contributed by atoms with E-state index < -0.39 is 0 Å². The van der Waals surface area contributed by atoms with E-state index >= 15 is 0 Å². The quantitative estimate of drug-likeness (QED) is 0.435. The van der Waals surface area contributed by atoms with Crippen LogP contribution < -0.4 is 6.15 Å². The molecular formula is C20H37NO. The molecule has 2 nitrogen and oxygen atoms in total. The van der Waals surface area contributed by atoms with Crippen LogP contribution in [0.2, 0.25) is 0 Å². The van der Waals surface area contributed by atoms with Crippen molar-refractivity contribution in [3.63, 3.8) is 0 Å². The van der Waals surface area contributed by atoms with Gasteiger partial charge < -0.3 is 11.3 Å². The summed E-state index contributed by atoms with van der Waals surface area (Å²) in [5, 5.41) is 10.0. The first kappa shape index (κ1) is 21.1. The Hall–Kier alpha value is -0.860. The first-order valence-corrected chi connectivity index (χ1v) is 9.05. The molecule has 128 valence electrons. The Morgan fingerprint density at radius 2 is 1.32 bits per heavy atom. The van der Waals surface area contributed by atoms with Crippen LogP contribution >= 0.6 is 0 Å². The number of hydrogen-bond acceptors (Lipinski definition) is 2. The molecule has 0 aliphatic heterocycles. The molecule has 4 N–H and O–H groups in total. The van der Waals surface area contributed by atoms with Gasteiger partial charge in [-0.25, -0.2) is 0 Å². The molecule has 0 aliphatic carbocycles. The summed E-state index contributed by atoms with van der Waals surface area (Å²) in [7, 11) is 0. The van der Waals surface area contributed by atoms with Crippen molar-refractivity contribution in [2.75, 3.05) is 0 Å². The molecule has 1 aromatic rings. The van der Waals surface area contributed by atoms with Gasteiger partial charge in [-0.05, 0) is 24.8 Å². The fourth-order valence-electron chi connectivity index (χ4n) is 2.81. The SMILES string of the molecule is CCCCCCCCCCCC(O)CCc1ccccc1.N. The Bertz CT molecular complexity index is 326. The lowest BCUT2D eigenvalue weighted by atomic mass is 10.0. The van der Waals surface area contributed by atoms with Crippen LogP contribution in [0.1, 0.15) is 83.1 Å². The second-order valence-electron chi connectivity index (χ2n) is 6.30. The first-order valence-electron chi connectivity index (χ1n) is 9.05. The maximum Gasteiger partial charge on any atom is 0.0543 e. The van der Waals surface area contributed by atoms with E-state index in [-0.39, 0.29) is 12.3 Å². The second-order valence-corrected chi connectivity index (χ2v) is 6.30. The van der Waals surface area contributed by atoms with Gasteiger partial charge in [-0.2, -0.15) is 0 Å². The zero-order chi connectivity index (χ0) is 15.2. The molecule has 0 spiro atoms. The predicted molar refractivity (Wildman–Crippen MR) is 97.6 cm³/mol. The molecule has 0 amide bonds. The van der Waals surface area contributed by atoms with E-state index in [1.54, 1.807) is 0 Å². The summed E-state index contributed by atoms with van der Waals surface area (Å²) in [5.74, 6) is 0. The Morgan fingerprint density at radius 1 is 0.773 bits per heavy atom. The van der Waals surface area contributed by atoms with Gasteiger partial charge in [-0.3, -0.25) is 0 Å². The van der Waals surface area contributed by atoms with E-state index in [9.17, 15) is 5.11 Å². The van der Waals surface area contributed by atoms with E-state index in [0.29, 0.717) is 0 Å². The molecule has 0 aromatic heterocycles. The largest absolute Gasteiger partial charge is 0.393 e. The van der Waals surface area contributed by atoms with Crippen molar-refractivity contribution in [2.45, 2.75) is 90.1 Å². The smallest absolute Gasteiger partial charge is 0.0543 e. The van der Waals surface area contributed by atoms with Crippen molar-refractivity contribution in [3.05, 3.63) is 35.9 Å². The van der Waals surface area contributed by atoms with E-state index in [4.69, 9.17) is 0 Å². The van der Waals surface area contributed by atoms with Crippen LogP contribution in [0.25, 0.3) is 0 Å². The topological polar surface area (TPSA) is 55.2 Å². The summed E-state index contributed by atoms with van der Waals surface area (Å²) in [4.78, 5) is 0. The van der Waals surface area contributed by atoms with Crippen LogP contribution in [0.3, 0.4) is 0 Å². The van der Waals surface area contributed by atoms with E-state index in [1.807, 2.05) is 6.07 Å². The average Bonchev–Trinajstić information content (AvgIpc) is 2.52. The van der Waals surface area contributed by atoms with Gasteiger partial charge in [0, 0.05) is 0 Å². The third-order valence-corrected chi connectivity index (χ3v) is 4.25. The third kappa shape index (κ3) is 11.8. The lowest BCUT2D eigenvalue weighted by molar-refractivity contribution is 0.151. The standard InChI is InChI=1S/C20H34O.H3N/c1-2-3-4-5-6-7-8-9-13-16-20(21)18-17-19-14-11-10-12-15-19;/h10-12,14-15,20-21H,2-9,13,16-18H2,1H3;1H3. The minimum absolute atomic E-state index is 0. The minimum atomic E-state index is -0.116. The summed E-state index contributed by atoms with van der Waals surface area (Å²) >= 11 is 0. The Morgan fingerprint density at radius 3 is 1.91 bits per heavy atom. The number of aryl methyl sites for hydroxylation is 1. The first-order chi connectivity index (χ1) is 10.3. The van der Waals surface area contributed by atoms with Crippen molar-refractivity contribution in [3.8, 4) is 0 Å². The number of aliphatic hydroxyl groups is 1. The highest BCUT2D eigenvalue weighted by molar-refractivity contribution is 5.14. The number of benzene rings is 1. The molecule has 1 unspecified atom stereocenters. The van der Waals surface area contributed by atoms with Crippen LogP contribution in [0.5, 0.6) is 0 Å². The molecular weight excluding hydrogens is 270 g/mol. The van der Waals surface area contributed by atoms with Gasteiger partial charge in [0.25, 0.3) is 0 Å². The lowest BCUT2D eigenvalue weighted by Crippen LogP contribution is -2.07. The van der Waals surface area contributed by atoms with Crippen molar-refractivity contribution in [1.82, 2.24) is 6.15 Å². The van der Waals surface area contributed by atoms with Crippen LogP contribution in [-0.2, 0) is 6.42 Å². The highest BCUT2D eigenvalue weighted by Crippen LogP contribution is 2.13. The molecule has 0 heterocycles. The van der Waals surface area contributed by atoms with Gasteiger partial charge in [0.15, 0.2) is 0 Å². The molecule has 0 aliphatic rings. The summed E-state index contributed by atoms with van der Waals surface area (Å²) in [5.41, 5.74) is 1.34. The van der Waals surface area contributed by atoms with Crippen molar-refractivity contribution < 1.29 is 5.11 Å². The molecule has 1 atom stereocenters.